The minimum absolute atomic E-state index is 0.111. The summed E-state index contributed by atoms with van der Waals surface area (Å²) in [4.78, 5) is 0. The van der Waals surface area contributed by atoms with E-state index in [2.05, 4.69) is 142 Å². The quantitative estimate of drug-likeness (QED) is 0.174. The van der Waals surface area contributed by atoms with Crippen LogP contribution in [0.15, 0.2) is 146 Å². The van der Waals surface area contributed by atoms with Crippen LogP contribution in [0.2, 0.25) is 0 Å². The molecule has 2 aromatic heterocycles. The summed E-state index contributed by atoms with van der Waals surface area (Å²) >= 11 is 0. The predicted molar refractivity (Wildman–Crippen MR) is 171 cm³/mol. The Morgan fingerprint density at radius 1 is 0.415 bits per heavy atom. The van der Waals surface area contributed by atoms with Crippen LogP contribution in [0, 0.1) is 0 Å². The molecule has 2 heterocycles. The molecule has 0 saturated heterocycles. The number of fused-ring (bicyclic) bond motifs is 6. The van der Waals surface area contributed by atoms with Crippen molar-refractivity contribution in [1.82, 2.24) is 14.6 Å². The fourth-order valence-electron chi connectivity index (χ4n) is 6.44. The Balaban J connectivity index is 1.43. The number of nitrogens with two attached hydrogens (primary N) is 1. The van der Waals surface area contributed by atoms with Crippen molar-refractivity contribution in [3.05, 3.63) is 157 Å². The maximum absolute atomic E-state index is 6.09. The second-order valence-electron chi connectivity index (χ2n) is 10.5. The molecule has 8 rings (SSSR count). The zero-order valence-corrected chi connectivity index (χ0v) is 22.4. The average Bonchev–Trinajstić information content (AvgIpc) is 3.53. The summed E-state index contributed by atoms with van der Waals surface area (Å²) < 4.78 is 4.77. The fraction of sp³-hybridized carbons (Fsp3) is 0.0270. The van der Waals surface area contributed by atoms with E-state index in [-0.39, 0.29) is 6.04 Å². The summed E-state index contributed by atoms with van der Waals surface area (Å²) in [5, 5.41) is 4.95. The van der Waals surface area contributed by atoms with E-state index < -0.39 is 0 Å². The topological polar surface area (TPSA) is 47.9 Å². The molecule has 196 valence electrons. The number of hydrogen-bond acceptors (Lipinski definition) is 2. The van der Waals surface area contributed by atoms with Crippen LogP contribution in [0.1, 0.15) is 17.2 Å². The van der Waals surface area contributed by atoms with Crippen molar-refractivity contribution >= 4 is 43.6 Å². The molecule has 0 saturated carbocycles. The molecule has 0 spiro atoms. The third kappa shape index (κ3) is 3.70. The number of para-hydroxylation sites is 3. The zero-order valence-electron chi connectivity index (χ0n) is 22.4. The minimum Gasteiger partial charge on any atom is -0.309 e. The number of benzene rings is 6. The lowest BCUT2D eigenvalue weighted by molar-refractivity contribution is 0.636. The molecule has 3 N–H and O–H groups in total. The van der Waals surface area contributed by atoms with E-state index in [9.17, 15) is 0 Å². The summed E-state index contributed by atoms with van der Waals surface area (Å²) in [6.45, 7) is 0. The van der Waals surface area contributed by atoms with Crippen molar-refractivity contribution < 1.29 is 0 Å². The lowest BCUT2D eigenvalue weighted by atomic mass is 9.99. The van der Waals surface area contributed by atoms with E-state index >= 15 is 0 Å². The molecule has 4 heteroatoms. The van der Waals surface area contributed by atoms with E-state index in [1.165, 1.54) is 43.6 Å². The summed E-state index contributed by atoms with van der Waals surface area (Å²) in [5.41, 5.74) is 12.3. The van der Waals surface area contributed by atoms with Gasteiger partial charge < -0.3 is 9.13 Å². The van der Waals surface area contributed by atoms with Crippen LogP contribution in [0.3, 0.4) is 0 Å². The third-order valence-electron chi connectivity index (χ3n) is 8.24. The SMILES string of the molecule is NNC(c1ccccc1)c1cccc(-n2c3ccccc3c3cc4c(cc32)c2ccccc2n4-c2ccccc2)c1. The largest absolute Gasteiger partial charge is 0.309 e. The lowest BCUT2D eigenvalue weighted by Crippen LogP contribution is -2.28. The molecule has 6 aromatic carbocycles. The van der Waals surface area contributed by atoms with Gasteiger partial charge in [0.1, 0.15) is 0 Å². The van der Waals surface area contributed by atoms with E-state index in [0.29, 0.717) is 0 Å². The van der Waals surface area contributed by atoms with Crippen molar-refractivity contribution in [2.45, 2.75) is 6.04 Å². The van der Waals surface area contributed by atoms with E-state index in [1.807, 2.05) is 18.2 Å². The van der Waals surface area contributed by atoms with Crippen molar-refractivity contribution in [2.75, 3.05) is 0 Å². The van der Waals surface area contributed by atoms with Crippen LogP contribution in [-0.4, -0.2) is 9.13 Å². The number of aromatic nitrogens is 2. The standard InChI is InChI=1S/C37H28N4/c38-39-37(25-12-3-1-4-13-25)26-14-11-17-28(22-26)41-34-21-10-8-19-30(34)32-23-35-31(24-36(32)41)29-18-7-9-20-33(29)40(35)27-15-5-2-6-16-27/h1-24,37,39H,38H2. The summed E-state index contributed by atoms with van der Waals surface area (Å²) in [6.07, 6.45) is 0. The second-order valence-corrected chi connectivity index (χ2v) is 10.5. The fourth-order valence-corrected chi connectivity index (χ4v) is 6.44. The van der Waals surface area contributed by atoms with Gasteiger partial charge >= 0.3 is 0 Å². The van der Waals surface area contributed by atoms with E-state index in [4.69, 9.17) is 5.84 Å². The molecule has 0 bridgehead atoms. The van der Waals surface area contributed by atoms with Crippen LogP contribution < -0.4 is 11.3 Å². The van der Waals surface area contributed by atoms with Crippen LogP contribution in [0.5, 0.6) is 0 Å². The van der Waals surface area contributed by atoms with Gasteiger partial charge in [-0.15, -0.1) is 0 Å². The molecule has 8 aromatic rings. The smallest absolute Gasteiger partial charge is 0.0710 e. The van der Waals surface area contributed by atoms with Crippen LogP contribution in [-0.2, 0) is 0 Å². The molecule has 0 aliphatic heterocycles. The molecule has 4 nitrogen and oxygen atoms in total. The van der Waals surface area contributed by atoms with Crippen molar-refractivity contribution in [3.63, 3.8) is 0 Å². The van der Waals surface area contributed by atoms with Crippen LogP contribution in [0.4, 0.5) is 0 Å². The Kier molecular flexibility index (Phi) is 5.49. The molecule has 0 aliphatic carbocycles. The second kappa shape index (κ2) is 9.49. The molecule has 0 amide bonds. The van der Waals surface area contributed by atoms with Crippen LogP contribution >= 0.6 is 0 Å². The summed E-state index contributed by atoms with van der Waals surface area (Å²) in [6, 6.07) is 51.7. The Bertz CT molecular complexity index is 2190. The van der Waals surface area contributed by atoms with Gasteiger partial charge in [0.2, 0.25) is 0 Å². The normalized spacial score (nSPS) is 12.5. The van der Waals surface area contributed by atoms with Gasteiger partial charge in [0.05, 0.1) is 28.1 Å². The maximum atomic E-state index is 6.09. The number of nitrogens with zero attached hydrogens (tertiary/aromatic N) is 2. The van der Waals surface area contributed by atoms with Gasteiger partial charge in [0.25, 0.3) is 0 Å². The van der Waals surface area contributed by atoms with Gasteiger partial charge in [-0.2, -0.15) is 0 Å². The Morgan fingerprint density at radius 3 is 1.51 bits per heavy atom. The van der Waals surface area contributed by atoms with Crippen LogP contribution in [0.25, 0.3) is 55.0 Å². The average molecular weight is 529 g/mol. The van der Waals surface area contributed by atoms with E-state index in [1.54, 1.807) is 0 Å². The Labute approximate surface area is 237 Å². The molecule has 0 fully saturated rings. The van der Waals surface area contributed by atoms with Gasteiger partial charge in [-0.1, -0.05) is 97.1 Å². The maximum Gasteiger partial charge on any atom is 0.0710 e. The molecular weight excluding hydrogens is 500 g/mol. The first-order valence-electron chi connectivity index (χ1n) is 13.9. The number of hydrazine groups is 1. The van der Waals surface area contributed by atoms with Gasteiger partial charge in [0, 0.05) is 32.9 Å². The van der Waals surface area contributed by atoms with Crippen molar-refractivity contribution in [1.29, 1.82) is 0 Å². The molecule has 41 heavy (non-hydrogen) atoms. The van der Waals surface area contributed by atoms with Gasteiger partial charge in [-0.3, -0.25) is 5.84 Å². The number of rotatable bonds is 5. The minimum atomic E-state index is -0.111. The lowest BCUT2D eigenvalue weighted by Gasteiger charge is -2.18. The highest BCUT2D eigenvalue weighted by Gasteiger charge is 2.19. The van der Waals surface area contributed by atoms with Crippen molar-refractivity contribution in [2.24, 2.45) is 5.84 Å². The molecule has 0 aliphatic rings. The summed E-state index contributed by atoms with van der Waals surface area (Å²) in [7, 11) is 0. The predicted octanol–water partition coefficient (Wildman–Crippen LogP) is 8.43. The summed E-state index contributed by atoms with van der Waals surface area (Å²) in [5.74, 6) is 6.09. The van der Waals surface area contributed by atoms with Gasteiger partial charge in [-0.05, 0) is 59.7 Å². The Hall–Kier alpha value is -5.16. The molecule has 1 unspecified atom stereocenters. The highest BCUT2D eigenvalue weighted by Crippen LogP contribution is 2.39. The highest BCUT2D eigenvalue weighted by atomic mass is 15.2. The van der Waals surface area contributed by atoms with Gasteiger partial charge in [-0.25, -0.2) is 5.43 Å². The zero-order chi connectivity index (χ0) is 27.3. The monoisotopic (exact) mass is 528 g/mol. The first-order chi connectivity index (χ1) is 20.3. The molecular formula is C37H28N4. The number of hydrogen-bond donors (Lipinski definition) is 2. The highest BCUT2D eigenvalue weighted by molar-refractivity contribution is 6.19. The van der Waals surface area contributed by atoms with E-state index in [0.717, 1.165) is 22.5 Å². The number of nitrogens with one attached hydrogen (secondary N) is 1. The first kappa shape index (κ1) is 23.7. The van der Waals surface area contributed by atoms with Crippen molar-refractivity contribution in [3.8, 4) is 11.4 Å². The molecule has 1 atom stereocenters. The van der Waals surface area contributed by atoms with Gasteiger partial charge in [0.15, 0.2) is 0 Å². The third-order valence-corrected chi connectivity index (χ3v) is 8.24. The molecule has 0 radical (unpaired) electrons. The first-order valence-corrected chi connectivity index (χ1v) is 13.9. The Morgan fingerprint density at radius 2 is 0.902 bits per heavy atom.